The molecule has 0 radical (unpaired) electrons. The number of nitrogens with zero attached hydrogens (tertiary/aromatic N) is 4. The Morgan fingerprint density at radius 2 is 1.73 bits per heavy atom. The van der Waals surface area contributed by atoms with Crippen molar-refractivity contribution >= 4 is 30.6 Å². The van der Waals surface area contributed by atoms with Crippen LogP contribution < -0.4 is 5.73 Å². The number of halogens is 1. The summed E-state index contributed by atoms with van der Waals surface area (Å²) in [6, 6.07) is 0. The number of hydrogen-bond acceptors (Lipinski definition) is 10. The van der Waals surface area contributed by atoms with Gasteiger partial charge in [-0.25, -0.2) is 0 Å². The van der Waals surface area contributed by atoms with Gasteiger partial charge in [-0.3, -0.25) is 15.6 Å². The van der Waals surface area contributed by atoms with Crippen LogP contribution in [0.25, 0.3) is 0 Å². The fourth-order valence-electron chi connectivity index (χ4n) is 0.776. The smallest absolute Gasteiger partial charge is 0.300 e. The van der Waals surface area contributed by atoms with Gasteiger partial charge < -0.3 is 25.8 Å². The third-order valence-electron chi connectivity index (χ3n) is 1.44. The van der Waals surface area contributed by atoms with Gasteiger partial charge in [0.1, 0.15) is 0 Å². The van der Waals surface area contributed by atoms with Gasteiger partial charge in [-0.1, -0.05) is 7.43 Å². The van der Waals surface area contributed by atoms with Crippen molar-refractivity contribution in [3.63, 3.8) is 0 Å². The number of nitrogens with one attached hydrogen (secondary N) is 2. The molecule has 0 saturated carbocycles. The molecule has 13 heteroatoms. The molecule has 0 amide bonds. The molecule has 1 heterocycles. The van der Waals surface area contributed by atoms with Crippen LogP contribution in [0.15, 0.2) is 6.33 Å². The van der Waals surface area contributed by atoms with Crippen LogP contribution in [0.5, 0.6) is 0 Å². The van der Waals surface area contributed by atoms with E-state index in [-0.39, 0.29) is 38.9 Å². The van der Waals surface area contributed by atoms with Gasteiger partial charge in [-0.2, -0.15) is 0 Å². The van der Waals surface area contributed by atoms with E-state index in [0.717, 1.165) is 13.3 Å². The minimum atomic E-state index is -0.833. The Hall–Kier alpha value is -2.44. The van der Waals surface area contributed by atoms with E-state index in [1.165, 1.54) is 6.33 Å². The van der Waals surface area contributed by atoms with Gasteiger partial charge in [0.05, 0.1) is 26.2 Å². The normalized spacial score (nSPS) is 7.38. The van der Waals surface area contributed by atoms with E-state index >= 15 is 0 Å². The largest absolute Gasteiger partial charge is 0.481 e. The van der Waals surface area contributed by atoms with Crippen molar-refractivity contribution in [2.45, 2.75) is 34.1 Å². The second-order valence-corrected chi connectivity index (χ2v) is 3.45. The number of nitrogens with two attached hydrogens (primary N) is 1. The zero-order valence-corrected chi connectivity index (χ0v) is 14.9. The Labute approximate surface area is 159 Å². The van der Waals surface area contributed by atoms with Crippen molar-refractivity contribution in [3.05, 3.63) is 12.2 Å². The quantitative estimate of drug-likeness (QED) is 0.285. The molecule has 26 heavy (non-hydrogen) atoms. The number of hydrogen-bond donors (Lipinski definition) is 6. The lowest BCUT2D eigenvalue weighted by Gasteiger charge is -1.99. The summed E-state index contributed by atoms with van der Waals surface area (Å²) in [5.74, 6) is -0.199. The molecular formula is C13H30ClN7O5. The average Bonchev–Trinajstić information content (AvgIpc) is 2.50. The van der Waals surface area contributed by atoms with Crippen LogP contribution in [0.4, 0.5) is 0 Å². The minimum absolute atomic E-state index is 0. The van der Waals surface area contributed by atoms with E-state index in [1.54, 1.807) is 0 Å². The van der Waals surface area contributed by atoms with Gasteiger partial charge in [0.25, 0.3) is 5.97 Å². The highest BCUT2D eigenvalue weighted by atomic mass is 35.5. The standard InChI is InChI=1S/C5H11NO2.C4H6N4O.C2H4O2.CH4N2.CH4.ClH/c1-2-8-5(6)3-4-7;9-2-1-4-7-5-3-6-8-4;1-2(3)4;2-1-3;;/h6-7H,2-4H2,1H3;3,9H,1-2H2;1H3,(H,3,4);1H,(H3,2,3);1H4;1H. The van der Waals surface area contributed by atoms with Crippen molar-refractivity contribution in [3.8, 4) is 0 Å². The molecule has 0 fully saturated rings. The van der Waals surface area contributed by atoms with Crippen LogP contribution in [0, 0.1) is 10.8 Å². The van der Waals surface area contributed by atoms with E-state index < -0.39 is 5.97 Å². The minimum Gasteiger partial charge on any atom is -0.481 e. The number of rotatable bonds is 5. The zero-order chi connectivity index (χ0) is 19.2. The molecule has 1 aromatic rings. The van der Waals surface area contributed by atoms with Crippen molar-refractivity contribution in [2.75, 3.05) is 19.8 Å². The van der Waals surface area contributed by atoms with E-state index in [4.69, 9.17) is 35.7 Å². The molecule has 0 aliphatic heterocycles. The van der Waals surface area contributed by atoms with Crippen LogP contribution in [-0.4, -0.2) is 73.7 Å². The Morgan fingerprint density at radius 1 is 1.31 bits per heavy atom. The molecule has 0 unspecified atom stereocenters. The van der Waals surface area contributed by atoms with Crippen LogP contribution >= 0.6 is 12.4 Å². The Bertz CT molecular complexity index is 415. The van der Waals surface area contributed by atoms with Crippen LogP contribution in [0.3, 0.4) is 0 Å². The maximum absolute atomic E-state index is 9.00. The molecule has 0 aliphatic rings. The summed E-state index contributed by atoms with van der Waals surface area (Å²) in [4.78, 5) is 9.00. The summed E-state index contributed by atoms with van der Waals surface area (Å²) in [5, 5.41) is 50.9. The lowest BCUT2D eigenvalue weighted by molar-refractivity contribution is -0.134. The summed E-state index contributed by atoms with van der Waals surface area (Å²) in [6.07, 6.45) is 2.75. The fourth-order valence-corrected chi connectivity index (χ4v) is 0.776. The molecule has 0 spiro atoms. The number of aliphatic hydroxyl groups excluding tert-OH is 2. The maximum atomic E-state index is 9.00. The first-order valence-electron chi connectivity index (χ1n) is 6.70. The van der Waals surface area contributed by atoms with Gasteiger partial charge in [0, 0.05) is 19.8 Å². The maximum Gasteiger partial charge on any atom is 0.300 e. The molecule has 0 atom stereocenters. The first-order valence-corrected chi connectivity index (χ1v) is 6.70. The second kappa shape index (κ2) is 30.4. The second-order valence-electron chi connectivity index (χ2n) is 3.45. The highest BCUT2D eigenvalue weighted by Gasteiger charge is 1.92. The van der Waals surface area contributed by atoms with Gasteiger partial charge in [0.15, 0.2) is 18.0 Å². The lowest BCUT2D eigenvalue weighted by atomic mass is 10.4. The number of aliphatic hydroxyl groups is 2. The molecule has 0 bridgehead atoms. The molecule has 12 nitrogen and oxygen atoms in total. The molecule has 1 aromatic heterocycles. The number of aromatic nitrogens is 4. The van der Waals surface area contributed by atoms with E-state index in [1.807, 2.05) is 6.92 Å². The lowest BCUT2D eigenvalue weighted by Crippen LogP contribution is -2.04. The zero-order valence-electron chi connectivity index (χ0n) is 14.1. The van der Waals surface area contributed by atoms with Gasteiger partial charge in [-0.15, -0.1) is 32.8 Å². The fraction of sp³-hybridized carbons (Fsp3) is 0.615. The number of carboxylic acids is 1. The van der Waals surface area contributed by atoms with Crippen molar-refractivity contribution in [1.82, 2.24) is 20.4 Å². The van der Waals surface area contributed by atoms with Gasteiger partial charge in [-0.05, 0) is 6.92 Å². The Kier molecular flexibility index (Phi) is 40.8. The van der Waals surface area contributed by atoms with Crippen LogP contribution in [-0.2, 0) is 16.0 Å². The Balaban J connectivity index is -0.0000000799. The third-order valence-corrected chi connectivity index (χ3v) is 1.44. The van der Waals surface area contributed by atoms with Gasteiger partial charge >= 0.3 is 0 Å². The molecule has 154 valence electrons. The van der Waals surface area contributed by atoms with Crippen molar-refractivity contribution in [2.24, 2.45) is 5.73 Å². The molecule has 7 N–H and O–H groups in total. The summed E-state index contributed by atoms with van der Waals surface area (Å²) in [7, 11) is 0. The summed E-state index contributed by atoms with van der Waals surface area (Å²) in [6.45, 7) is 3.44. The SMILES string of the molecule is C.CC(=O)O.CCOC(=N)CCO.Cl.N=CN.OCCc1nncnn1. The number of ether oxygens (including phenoxy) is 1. The average molecular weight is 400 g/mol. The number of carboxylic acid groups (broad SMARTS) is 1. The first kappa shape index (κ1) is 34.8. The van der Waals surface area contributed by atoms with Crippen LogP contribution in [0.1, 0.15) is 33.5 Å². The topological polar surface area (TPSA) is 212 Å². The summed E-state index contributed by atoms with van der Waals surface area (Å²) >= 11 is 0. The van der Waals surface area contributed by atoms with Crippen molar-refractivity contribution < 1.29 is 24.9 Å². The molecular weight excluding hydrogens is 370 g/mol. The van der Waals surface area contributed by atoms with Crippen molar-refractivity contribution in [1.29, 1.82) is 10.8 Å². The Morgan fingerprint density at radius 3 is 2.04 bits per heavy atom. The van der Waals surface area contributed by atoms with E-state index in [0.29, 0.717) is 25.3 Å². The van der Waals surface area contributed by atoms with E-state index in [2.05, 4.69) is 26.1 Å². The monoisotopic (exact) mass is 399 g/mol. The molecule has 0 aliphatic carbocycles. The summed E-state index contributed by atoms with van der Waals surface area (Å²) < 4.78 is 4.71. The highest BCUT2D eigenvalue weighted by molar-refractivity contribution is 5.85. The van der Waals surface area contributed by atoms with Gasteiger partial charge in [0.2, 0.25) is 0 Å². The predicted molar refractivity (Wildman–Crippen MR) is 99.7 cm³/mol. The number of carbonyl (C=O) groups is 1. The predicted octanol–water partition coefficient (Wildman–Crippen LogP) is -0.115. The third kappa shape index (κ3) is 43.0. The van der Waals surface area contributed by atoms with E-state index in [9.17, 15) is 0 Å². The molecule has 0 saturated heterocycles. The number of aliphatic carboxylic acids is 1. The van der Waals surface area contributed by atoms with Crippen LogP contribution in [0.2, 0.25) is 0 Å². The summed E-state index contributed by atoms with van der Waals surface area (Å²) in [5.41, 5.74) is 4.39. The first-order chi connectivity index (χ1) is 11.4. The molecule has 1 rings (SSSR count). The molecule has 0 aromatic carbocycles. The highest BCUT2D eigenvalue weighted by Crippen LogP contribution is 1.83.